The summed E-state index contributed by atoms with van der Waals surface area (Å²) < 4.78 is 15.5. The van der Waals surface area contributed by atoms with Crippen molar-refractivity contribution in [1.29, 1.82) is 0 Å². The molecule has 1 aromatic heterocycles. The maximum Gasteiger partial charge on any atom is 0.244 e. The van der Waals surface area contributed by atoms with Crippen molar-refractivity contribution >= 4 is 23.2 Å². The molecule has 0 bridgehead atoms. The van der Waals surface area contributed by atoms with Crippen LogP contribution in [0.3, 0.4) is 0 Å². The summed E-state index contributed by atoms with van der Waals surface area (Å²) in [5.74, 6) is 1.38. The summed E-state index contributed by atoms with van der Waals surface area (Å²) >= 11 is 5.88. The molecule has 1 atom stereocenters. The van der Waals surface area contributed by atoms with Gasteiger partial charge < -0.3 is 9.47 Å². The standard InChI is InChI=1S/C20H24ClFN4O/c1-24-11-7-23-19(24)12-14-4-8-25(9-5-14)18-6-10-26(20(18)27)15-2-3-17(22)16(21)13-15/h2-3,7,11,13-14,18H,4-6,8-10,12H2,1H3. The Balaban J connectivity index is 1.35. The van der Waals surface area contributed by atoms with Crippen LogP contribution in [0.5, 0.6) is 0 Å². The number of hydrogen-bond acceptors (Lipinski definition) is 3. The molecule has 2 saturated heterocycles. The molecule has 2 aromatic rings. The monoisotopic (exact) mass is 390 g/mol. The van der Waals surface area contributed by atoms with Gasteiger partial charge in [0.1, 0.15) is 11.6 Å². The third-order valence-electron chi connectivity index (χ3n) is 5.87. The van der Waals surface area contributed by atoms with Gasteiger partial charge in [0.15, 0.2) is 0 Å². The van der Waals surface area contributed by atoms with E-state index in [-0.39, 0.29) is 17.0 Å². The van der Waals surface area contributed by atoms with Crippen LogP contribution in [-0.2, 0) is 18.3 Å². The van der Waals surface area contributed by atoms with Crippen LogP contribution in [0.4, 0.5) is 10.1 Å². The van der Waals surface area contributed by atoms with Gasteiger partial charge in [-0.3, -0.25) is 9.69 Å². The van der Waals surface area contributed by atoms with E-state index < -0.39 is 5.82 Å². The van der Waals surface area contributed by atoms with Gasteiger partial charge in [0.05, 0.1) is 11.1 Å². The summed E-state index contributed by atoms with van der Waals surface area (Å²) in [6, 6.07) is 4.40. The third-order valence-corrected chi connectivity index (χ3v) is 6.16. The fraction of sp³-hybridized carbons (Fsp3) is 0.500. The SMILES string of the molecule is Cn1ccnc1CC1CCN(C2CCN(c3ccc(F)c(Cl)c3)C2=O)CC1. The predicted octanol–water partition coefficient (Wildman–Crippen LogP) is 3.27. The highest BCUT2D eigenvalue weighted by atomic mass is 35.5. The molecule has 2 aliphatic rings. The van der Waals surface area contributed by atoms with Crippen LogP contribution in [0.1, 0.15) is 25.1 Å². The molecule has 7 heteroatoms. The number of carbonyl (C=O) groups excluding carboxylic acids is 1. The smallest absolute Gasteiger partial charge is 0.244 e. The van der Waals surface area contributed by atoms with Gasteiger partial charge in [-0.15, -0.1) is 0 Å². The first-order chi connectivity index (χ1) is 13.0. The summed E-state index contributed by atoms with van der Waals surface area (Å²) in [4.78, 5) is 21.4. The maximum absolute atomic E-state index is 13.4. The van der Waals surface area contributed by atoms with Gasteiger partial charge in [0, 0.05) is 38.1 Å². The van der Waals surface area contributed by atoms with Gasteiger partial charge >= 0.3 is 0 Å². The molecule has 2 aliphatic heterocycles. The number of benzene rings is 1. The Hall–Kier alpha value is -1.92. The Morgan fingerprint density at radius 3 is 2.67 bits per heavy atom. The van der Waals surface area contributed by atoms with E-state index in [0.29, 0.717) is 18.2 Å². The van der Waals surface area contributed by atoms with E-state index in [4.69, 9.17) is 11.6 Å². The minimum atomic E-state index is -0.460. The second kappa shape index (κ2) is 7.60. The molecule has 3 heterocycles. The summed E-state index contributed by atoms with van der Waals surface area (Å²) in [5, 5.41) is 0.0545. The van der Waals surface area contributed by atoms with Crippen LogP contribution in [0.25, 0.3) is 0 Å². The van der Waals surface area contributed by atoms with Gasteiger partial charge in [-0.1, -0.05) is 11.6 Å². The maximum atomic E-state index is 13.4. The molecule has 0 N–H and O–H groups in total. The highest BCUT2D eigenvalue weighted by molar-refractivity contribution is 6.31. The second-order valence-corrected chi connectivity index (χ2v) is 7.94. The van der Waals surface area contributed by atoms with E-state index in [1.165, 1.54) is 12.1 Å². The molecule has 1 unspecified atom stereocenters. The Bertz CT molecular complexity index is 831. The Kier molecular flexibility index (Phi) is 5.19. The van der Waals surface area contributed by atoms with Crippen LogP contribution >= 0.6 is 11.6 Å². The molecule has 4 rings (SSSR count). The first-order valence-electron chi connectivity index (χ1n) is 9.49. The molecule has 5 nitrogen and oxygen atoms in total. The fourth-order valence-electron chi connectivity index (χ4n) is 4.23. The topological polar surface area (TPSA) is 41.4 Å². The quantitative estimate of drug-likeness (QED) is 0.804. The van der Waals surface area contributed by atoms with Gasteiger partial charge in [-0.05, 0) is 56.5 Å². The molecule has 0 spiro atoms. The number of imidazole rings is 1. The number of nitrogens with zero attached hydrogens (tertiary/aromatic N) is 4. The highest BCUT2D eigenvalue weighted by Crippen LogP contribution is 2.30. The minimum Gasteiger partial charge on any atom is -0.338 e. The zero-order valence-corrected chi connectivity index (χ0v) is 16.2. The molecule has 0 aliphatic carbocycles. The van der Waals surface area contributed by atoms with Crippen molar-refractivity contribution in [3.63, 3.8) is 0 Å². The van der Waals surface area contributed by atoms with E-state index in [1.54, 1.807) is 11.0 Å². The lowest BCUT2D eigenvalue weighted by Crippen LogP contribution is -2.46. The zero-order valence-electron chi connectivity index (χ0n) is 15.4. The number of piperidine rings is 1. The van der Waals surface area contributed by atoms with Crippen molar-refractivity contribution in [1.82, 2.24) is 14.5 Å². The van der Waals surface area contributed by atoms with Crippen molar-refractivity contribution in [2.45, 2.75) is 31.7 Å². The second-order valence-electron chi connectivity index (χ2n) is 7.53. The number of aryl methyl sites for hydroxylation is 1. The fourth-order valence-corrected chi connectivity index (χ4v) is 4.41. The van der Waals surface area contributed by atoms with E-state index >= 15 is 0 Å². The van der Waals surface area contributed by atoms with Gasteiger partial charge in [-0.2, -0.15) is 0 Å². The summed E-state index contributed by atoms with van der Waals surface area (Å²) in [5.41, 5.74) is 0.679. The first kappa shape index (κ1) is 18.4. The van der Waals surface area contributed by atoms with E-state index in [9.17, 15) is 9.18 Å². The minimum absolute atomic E-state index is 0.0545. The molecular weight excluding hydrogens is 367 g/mol. The molecule has 1 aromatic carbocycles. The number of rotatable bonds is 4. The molecule has 144 valence electrons. The lowest BCUT2D eigenvalue weighted by atomic mass is 9.92. The molecule has 0 saturated carbocycles. The van der Waals surface area contributed by atoms with Gasteiger partial charge in [-0.25, -0.2) is 9.37 Å². The molecule has 0 radical (unpaired) electrons. The number of likely N-dealkylation sites (tertiary alicyclic amines) is 1. The lowest BCUT2D eigenvalue weighted by Gasteiger charge is -2.35. The lowest BCUT2D eigenvalue weighted by molar-refractivity contribution is -0.122. The molecule has 1 amide bonds. The highest BCUT2D eigenvalue weighted by Gasteiger charge is 2.38. The zero-order chi connectivity index (χ0) is 19.0. The average molecular weight is 391 g/mol. The van der Waals surface area contributed by atoms with Crippen molar-refractivity contribution in [3.05, 3.63) is 47.3 Å². The summed E-state index contributed by atoms with van der Waals surface area (Å²) in [6.45, 7) is 2.52. The average Bonchev–Trinajstić information content (AvgIpc) is 3.24. The van der Waals surface area contributed by atoms with Crippen molar-refractivity contribution < 1.29 is 9.18 Å². The third kappa shape index (κ3) is 3.73. The van der Waals surface area contributed by atoms with E-state index in [2.05, 4.69) is 14.5 Å². The molecule has 27 heavy (non-hydrogen) atoms. The number of carbonyl (C=O) groups is 1. The number of halogens is 2. The predicted molar refractivity (Wildman–Crippen MR) is 103 cm³/mol. The van der Waals surface area contributed by atoms with Crippen LogP contribution in [0.15, 0.2) is 30.6 Å². The van der Waals surface area contributed by atoms with Crippen LogP contribution in [-0.4, -0.2) is 46.0 Å². The number of hydrogen-bond donors (Lipinski definition) is 0. The van der Waals surface area contributed by atoms with Crippen molar-refractivity contribution in [3.8, 4) is 0 Å². The first-order valence-corrected chi connectivity index (χ1v) is 9.87. The van der Waals surface area contributed by atoms with Gasteiger partial charge in [0.25, 0.3) is 0 Å². The number of amides is 1. The Morgan fingerprint density at radius 2 is 2.00 bits per heavy atom. The van der Waals surface area contributed by atoms with Gasteiger partial charge in [0.2, 0.25) is 5.91 Å². The van der Waals surface area contributed by atoms with E-state index in [0.717, 1.165) is 44.6 Å². The Labute approximate surface area is 163 Å². The number of anilines is 1. The molecular formula is C20H24ClFN4O. The normalized spacial score (nSPS) is 22.0. The summed E-state index contributed by atoms with van der Waals surface area (Å²) in [6.07, 6.45) is 7.79. The summed E-state index contributed by atoms with van der Waals surface area (Å²) in [7, 11) is 2.03. The van der Waals surface area contributed by atoms with Crippen LogP contribution < -0.4 is 4.90 Å². The molecule has 2 fully saturated rings. The van der Waals surface area contributed by atoms with Crippen LogP contribution in [0.2, 0.25) is 5.02 Å². The largest absolute Gasteiger partial charge is 0.338 e. The van der Waals surface area contributed by atoms with E-state index in [1.807, 2.05) is 19.4 Å². The number of aromatic nitrogens is 2. The van der Waals surface area contributed by atoms with Crippen molar-refractivity contribution in [2.75, 3.05) is 24.5 Å². The van der Waals surface area contributed by atoms with Crippen LogP contribution in [0, 0.1) is 11.7 Å². The van der Waals surface area contributed by atoms with Crippen molar-refractivity contribution in [2.24, 2.45) is 13.0 Å². The Morgan fingerprint density at radius 1 is 1.22 bits per heavy atom.